The van der Waals surface area contributed by atoms with Crippen molar-refractivity contribution >= 4 is 33.0 Å². The van der Waals surface area contributed by atoms with Crippen LogP contribution < -0.4 is 0 Å². The fourth-order valence-corrected chi connectivity index (χ4v) is 4.76. The van der Waals surface area contributed by atoms with Crippen LogP contribution in [0.25, 0.3) is 0 Å². The van der Waals surface area contributed by atoms with Crippen molar-refractivity contribution in [3.05, 3.63) is 34.9 Å². The number of benzene rings is 1. The van der Waals surface area contributed by atoms with Crippen LogP contribution in [0.2, 0.25) is 5.02 Å². The van der Waals surface area contributed by atoms with Crippen molar-refractivity contribution in [3.63, 3.8) is 0 Å². The Balaban J connectivity index is 2.00. The molecule has 1 fully saturated rings. The SMILES string of the molecule is O=S1(=O)CCC(C(Cl)Cc2cccc(Cl)c2)C1. The molecule has 0 aliphatic carbocycles. The fourth-order valence-electron chi connectivity index (χ4n) is 2.16. The first-order valence-corrected chi connectivity index (χ1v) is 8.19. The summed E-state index contributed by atoms with van der Waals surface area (Å²) in [6, 6.07) is 7.53. The minimum absolute atomic E-state index is 0.0700. The van der Waals surface area contributed by atoms with Gasteiger partial charge < -0.3 is 0 Å². The third-order valence-electron chi connectivity index (χ3n) is 3.10. The van der Waals surface area contributed by atoms with Crippen LogP contribution in [-0.2, 0) is 16.3 Å². The predicted octanol–water partition coefficient (Wildman–Crippen LogP) is 2.92. The molecule has 1 heterocycles. The molecule has 94 valence electrons. The van der Waals surface area contributed by atoms with Crippen molar-refractivity contribution in [2.45, 2.75) is 18.2 Å². The van der Waals surface area contributed by atoms with Crippen LogP contribution in [0.15, 0.2) is 24.3 Å². The van der Waals surface area contributed by atoms with Crippen molar-refractivity contribution < 1.29 is 8.42 Å². The van der Waals surface area contributed by atoms with Crippen molar-refractivity contribution in [3.8, 4) is 0 Å². The van der Waals surface area contributed by atoms with E-state index in [4.69, 9.17) is 23.2 Å². The lowest BCUT2D eigenvalue weighted by molar-refractivity contribution is 0.550. The van der Waals surface area contributed by atoms with Crippen molar-refractivity contribution in [1.29, 1.82) is 0 Å². The number of rotatable bonds is 3. The molecule has 0 amide bonds. The van der Waals surface area contributed by atoms with Gasteiger partial charge in [-0.3, -0.25) is 0 Å². The van der Waals surface area contributed by atoms with Gasteiger partial charge in [-0.2, -0.15) is 0 Å². The lowest BCUT2D eigenvalue weighted by atomic mass is 9.98. The summed E-state index contributed by atoms with van der Waals surface area (Å²) in [5, 5.41) is 0.552. The highest BCUT2D eigenvalue weighted by Crippen LogP contribution is 2.28. The van der Waals surface area contributed by atoms with Crippen LogP contribution in [0.3, 0.4) is 0 Å². The summed E-state index contributed by atoms with van der Waals surface area (Å²) in [4.78, 5) is 0. The van der Waals surface area contributed by atoms with Crippen molar-refractivity contribution in [1.82, 2.24) is 0 Å². The van der Waals surface area contributed by atoms with Gasteiger partial charge in [-0.05, 0) is 36.5 Å². The van der Waals surface area contributed by atoms with Crippen LogP contribution in [0.1, 0.15) is 12.0 Å². The Morgan fingerprint density at radius 1 is 1.41 bits per heavy atom. The second-order valence-corrected chi connectivity index (χ2v) is 7.74. The maximum absolute atomic E-state index is 11.4. The van der Waals surface area contributed by atoms with E-state index in [-0.39, 0.29) is 22.8 Å². The molecular weight excluding hydrogens is 279 g/mol. The zero-order valence-corrected chi connectivity index (χ0v) is 11.6. The van der Waals surface area contributed by atoms with E-state index in [1.54, 1.807) is 0 Å². The Kier molecular flexibility index (Phi) is 4.01. The molecule has 0 aromatic heterocycles. The van der Waals surface area contributed by atoms with E-state index in [1.165, 1.54) is 0 Å². The largest absolute Gasteiger partial charge is 0.229 e. The van der Waals surface area contributed by atoms with Gasteiger partial charge in [0.25, 0.3) is 0 Å². The van der Waals surface area contributed by atoms with Crippen molar-refractivity contribution in [2.75, 3.05) is 11.5 Å². The highest BCUT2D eigenvalue weighted by Gasteiger charge is 2.32. The Morgan fingerprint density at radius 2 is 2.18 bits per heavy atom. The highest BCUT2D eigenvalue weighted by atomic mass is 35.5. The van der Waals surface area contributed by atoms with E-state index in [9.17, 15) is 8.42 Å². The average Bonchev–Trinajstić information content (AvgIpc) is 2.59. The Morgan fingerprint density at radius 3 is 2.76 bits per heavy atom. The zero-order valence-electron chi connectivity index (χ0n) is 9.27. The summed E-state index contributed by atoms with van der Waals surface area (Å²) in [7, 11) is -2.85. The lowest BCUT2D eigenvalue weighted by Crippen LogP contribution is -2.18. The average molecular weight is 293 g/mol. The minimum atomic E-state index is -2.85. The van der Waals surface area contributed by atoms with E-state index in [0.29, 0.717) is 17.9 Å². The van der Waals surface area contributed by atoms with Crippen LogP contribution in [0.4, 0.5) is 0 Å². The quantitative estimate of drug-likeness (QED) is 0.803. The number of alkyl halides is 1. The molecule has 0 radical (unpaired) electrons. The van der Waals surface area contributed by atoms with Gasteiger partial charge in [0.1, 0.15) is 0 Å². The molecule has 0 spiro atoms. The first-order chi connectivity index (χ1) is 7.96. The molecular formula is C12H14Cl2O2S. The zero-order chi connectivity index (χ0) is 12.5. The van der Waals surface area contributed by atoms with Gasteiger partial charge in [0, 0.05) is 10.4 Å². The first-order valence-electron chi connectivity index (χ1n) is 5.55. The molecule has 0 bridgehead atoms. The number of hydrogen-bond donors (Lipinski definition) is 0. The molecule has 17 heavy (non-hydrogen) atoms. The van der Waals surface area contributed by atoms with Gasteiger partial charge in [0.15, 0.2) is 9.84 Å². The van der Waals surface area contributed by atoms with E-state index in [2.05, 4.69) is 0 Å². The van der Waals surface area contributed by atoms with Gasteiger partial charge in [-0.25, -0.2) is 8.42 Å². The van der Waals surface area contributed by atoms with Gasteiger partial charge >= 0.3 is 0 Å². The second kappa shape index (κ2) is 5.17. The van der Waals surface area contributed by atoms with E-state index >= 15 is 0 Å². The monoisotopic (exact) mass is 292 g/mol. The molecule has 1 saturated heterocycles. The predicted molar refractivity (Wildman–Crippen MR) is 71.6 cm³/mol. The highest BCUT2D eigenvalue weighted by molar-refractivity contribution is 7.91. The molecule has 0 N–H and O–H groups in total. The van der Waals surface area contributed by atoms with Gasteiger partial charge in [-0.1, -0.05) is 23.7 Å². The number of hydrogen-bond acceptors (Lipinski definition) is 2. The Labute approximate surface area is 112 Å². The van der Waals surface area contributed by atoms with Crippen LogP contribution in [0.5, 0.6) is 0 Å². The second-order valence-electron chi connectivity index (χ2n) is 4.51. The molecule has 2 nitrogen and oxygen atoms in total. The third kappa shape index (κ3) is 3.60. The summed E-state index contributed by atoms with van der Waals surface area (Å²) in [6.07, 6.45) is 1.35. The third-order valence-corrected chi connectivity index (χ3v) is 5.64. The molecule has 2 atom stereocenters. The topological polar surface area (TPSA) is 34.1 Å². The van der Waals surface area contributed by atoms with Crippen LogP contribution in [0, 0.1) is 5.92 Å². The molecule has 1 aromatic rings. The van der Waals surface area contributed by atoms with Gasteiger partial charge in [-0.15, -0.1) is 11.6 Å². The summed E-state index contributed by atoms with van der Waals surface area (Å²) in [6.45, 7) is 0. The maximum Gasteiger partial charge on any atom is 0.150 e. The van der Waals surface area contributed by atoms with Gasteiger partial charge in [0.2, 0.25) is 0 Å². The smallest absolute Gasteiger partial charge is 0.150 e. The lowest BCUT2D eigenvalue weighted by Gasteiger charge is -2.15. The molecule has 0 saturated carbocycles. The summed E-state index contributed by atoms with van der Waals surface area (Å²) < 4.78 is 22.7. The summed E-state index contributed by atoms with van der Waals surface area (Å²) in [5.41, 5.74) is 1.06. The number of sulfone groups is 1. The van der Waals surface area contributed by atoms with E-state index < -0.39 is 9.84 Å². The molecule has 1 aliphatic rings. The molecule has 5 heteroatoms. The maximum atomic E-state index is 11.4. The molecule has 2 rings (SSSR count). The Bertz CT molecular complexity index is 499. The van der Waals surface area contributed by atoms with E-state index in [0.717, 1.165) is 5.56 Å². The number of halogens is 2. The Hall–Kier alpha value is -0.250. The van der Waals surface area contributed by atoms with Crippen LogP contribution >= 0.6 is 23.2 Å². The van der Waals surface area contributed by atoms with Gasteiger partial charge in [0.05, 0.1) is 11.5 Å². The molecule has 1 aromatic carbocycles. The van der Waals surface area contributed by atoms with Crippen LogP contribution in [-0.4, -0.2) is 25.3 Å². The summed E-state index contributed by atoms with van der Waals surface area (Å²) >= 11 is 12.2. The fraction of sp³-hybridized carbons (Fsp3) is 0.500. The molecule has 2 unspecified atom stereocenters. The normalized spacial score (nSPS) is 24.7. The standard InChI is InChI=1S/C12H14Cl2O2S/c13-11-3-1-2-9(6-11)7-12(14)10-4-5-17(15,16)8-10/h1-3,6,10,12H,4-5,7-8H2. The van der Waals surface area contributed by atoms with Crippen molar-refractivity contribution in [2.24, 2.45) is 5.92 Å². The minimum Gasteiger partial charge on any atom is -0.229 e. The molecule has 1 aliphatic heterocycles. The summed E-state index contributed by atoms with van der Waals surface area (Å²) in [5.74, 6) is 0.568. The first kappa shape index (κ1) is 13.2. The van der Waals surface area contributed by atoms with E-state index in [1.807, 2.05) is 24.3 Å².